The summed E-state index contributed by atoms with van der Waals surface area (Å²) in [7, 11) is 1.97. The molecule has 0 bridgehead atoms. The Morgan fingerprint density at radius 1 is 1.28 bits per heavy atom. The average molecular weight is 345 g/mol. The Bertz CT molecular complexity index is 565. The van der Waals surface area contributed by atoms with Crippen LogP contribution < -0.4 is 5.32 Å². The Kier molecular flexibility index (Phi) is 4.49. The lowest BCUT2D eigenvalue weighted by Gasteiger charge is -2.17. The first-order valence-electron chi connectivity index (χ1n) is 5.72. The van der Waals surface area contributed by atoms with Gasteiger partial charge in [0.15, 0.2) is 0 Å². The van der Waals surface area contributed by atoms with E-state index in [0.29, 0.717) is 0 Å². The highest BCUT2D eigenvalue weighted by Gasteiger charge is 2.18. The van der Waals surface area contributed by atoms with Crippen LogP contribution in [0, 0.1) is 13.8 Å². The summed E-state index contributed by atoms with van der Waals surface area (Å²) >= 11 is 11.6. The molecule has 0 amide bonds. The van der Waals surface area contributed by atoms with E-state index < -0.39 is 0 Å². The number of halogens is 2. The van der Waals surface area contributed by atoms with E-state index in [1.165, 1.54) is 15.3 Å². The molecule has 0 saturated heterocycles. The van der Waals surface area contributed by atoms with E-state index in [1.807, 2.05) is 20.0 Å². The second-order valence-corrected chi connectivity index (χ2v) is 6.85. The van der Waals surface area contributed by atoms with Crippen LogP contribution in [0.3, 0.4) is 0 Å². The lowest BCUT2D eigenvalue weighted by molar-refractivity contribution is 0.701. The summed E-state index contributed by atoms with van der Waals surface area (Å²) in [6.45, 7) is 4.14. The molecule has 0 radical (unpaired) electrons. The van der Waals surface area contributed by atoms with Gasteiger partial charge in [0.25, 0.3) is 0 Å². The zero-order valence-corrected chi connectivity index (χ0v) is 13.7. The van der Waals surface area contributed by atoms with Crippen LogP contribution in [-0.4, -0.2) is 7.05 Å². The third kappa shape index (κ3) is 2.80. The summed E-state index contributed by atoms with van der Waals surface area (Å²) in [5.41, 5.74) is 2.30. The number of benzene rings is 1. The van der Waals surface area contributed by atoms with E-state index in [-0.39, 0.29) is 6.04 Å². The molecule has 96 valence electrons. The summed E-state index contributed by atoms with van der Waals surface area (Å²) in [6.07, 6.45) is 0. The normalized spacial score (nSPS) is 12.7. The summed E-state index contributed by atoms with van der Waals surface area (Å²) < 4.78 is 1.15. The Balaban J connectivity index is 2.45. The molecule has 1 unspecified atom stereocenters. The maximum atomic E-state index is 6.21. The van der Waals surface area contributed by atoms with Crippen molar-refractivity contribution < 1.29 is 0 Å². The van der Waals surface area contributed by atoms with Crippen molar-refractivity contribution in [1.29, 1.82) is 0 Å². The minimum atomic E-state index is 0.177. The van der Waals surface area contributed by atoms with Gasteiger partial charge in [-0.2, -0.15) is 0 Å². The molecule has 1 N–H and O–H groups in total. The van der Waals surface area contributed by atoms with Gasteiger partial charge in [-0.25, -0.2) is 0 Å². The molecule has 1 atom stereocenters. The third-order valence-electron chi connectivity index (χ3n) is 2.92. The van der Waals surface area contributed by atoms with Gasteiger partial charge < -0.3 is 5.32 Å². The van der Waals surface area contributed by atoms with Crippen molar-refractivity contribution in [2.24, 2.45) is 0 Å². The monoisotopic (exact) mass is 343 g/mol. The molecular formula is C14H15BrClNS. The van der Waals surface area contributed by atoms with Gasteiger partial charge in [0, 0.05) is 19.2 Å². The molecule has 0 aliphatic heterocycles. The summed E-state index contributed by atoms with van der Waals surface area (Å²) in [6, 6.07) is 8.57. The Labute approximate surface area is 125 Å². The Morgan fingerprint density at radius 3 is 2.50 bits per heavy atom. The second-order valence-electron chi connectivity index (χ2n) is 4.30. The zero-order chi connectivity index (χ0) is 13.3. The van der Waals surface area contributed by atoms with Crippen LogP contribution in [0.2, 0.25) is 5.02 Å². The lowest BCUT2D eigenvalue weighted by atomic mass is 10.0. The molecule has 1 aromatic heterocycles. The van der Waals surface area contributed by atoms with Crippen LogP contribution in [0.4, 0.5) is 0 Å². The van der Waals surface area contributed by atoms with Gasteiger partial charge in [0.1, 0.15) is 0 Å². The number of hydrogen-bond donors (Lipinski definition) is 1. The van der Waals surface area contributed by atoms with E-state index in [4.69, 9.17) is 11.6 Å². The van der Waals surface area contributed by atoms with Crippen LogP contribution in [0.1, 0.15) is 26.9 Å². The van der Waals surface area contributed by atoms with Crippen LogP contribution in [0.25, 0.3) is 0 Å². The van der Waals surface area contributed by atoms with Crippen molar-refractivity contribution in [3.63, 3.8) is 0 Å². The highest BCUT2D eigenvalue weighted by Crippen LogP contribution is 2.36. The van der Waals surface area contributed by atoms with Gasteiger partial charge in [-0.05, 0) is 60.1 Å². The van der Waals surface area contributed by atoms with Crippen LogP contribution in [0.15, 0.2) is 28.7 Å². The summed E-state index contributed by atoms with van der Waals surface area (Å²) in [4.78, 5) is 2.59. The molecule has 0 aliphatic carbocycles. The quantitative estimate of drug-likeness (QED) is 0.818. The first-order valence-corrected chi connectivity index (χ1v) is 7.71. The minimum absolute atomic E-state index is 0.177. The van der Waals surface area contributed by atoms with Crippen LogP contribution >= 0.6 is 38.9 Å². The van der Waals surface area contributed by atoms with Crippen LogP contribution in [-0.2, 0) is 0 Å². The molecule has 0 spiro atoms. The highest BCUT2D eigenvalue weighted by atomic mass is 79.9. The van der Waals surface area contributed by atoms with Gasteiger partial charge in [-0.3, -0.25) is 0 Å². The molecule has 1 aromatic carbocycles. The first kappa shape index (κ1) is 14.1. The molecule has 18 heavy (non-hydrogen) atoms. The second kappa shape index (κ2) is 5.74. The highest BCUT2D eigenvalue weighted by molar-refractivity contribution is 9.10. The largest absolute Gasteiger partial charge is 0.309 e. The van der Waals surface area contributed by atoms with Gasteiger partial charge in [-0.15, -0.1) is 11.3 Å². The zero-order valence-electron chi connectivity index (χ0n) is 10.6. The molecule has 4 heteroatoms. The topological polar surface area (TPSA) is 12.0 Å². The average Bonchev–Trinajstić information content (AvgIpc) is 2.64. The van der Waals surface area contributed by atoms with E-state index in [9.17, 15) is 0 Å². The van der Waals surface area contributed by atoms with E-state index in [2.05, 4.69) is 46.4 Å². The van der Waals surface area contributed by atoms with Gasteiger partial charge in [-0.1, -0.05) is 23.7 Å². The van der Waals surface area contributed by atoms with Crippen molar-refractivity contribution in [3.8, 4) is 0 Å². The lowest BCUT2D eigenvalue weighted by Crippen LogP contribution is -2.16. The molecule has 2 aromatic rings. The molecule has 1 nitrogen and oxygen atoms in total. The fraction of sp³-hybridized carbons (Fsp3) is 0.286. The molecular weight excluding hydrogens is 330 g/mol. The minimum Gasteiger partial charge on any atom is -0.309 e. The summed E-state index contributed by atoms with van der Waals surface area (Å²) in [5.74, 6) is 0. The SMILES string of the molecule is CNC(c1ccc(C)c(Cl)c1)c1sc(C)cc1Br. The predicted molar refractivity (Wildman–Crippen MR) is 83.8 cm³/mol. The van der Waals surface area contributed by atoms with Crippen molar-refractivity contribution in [2.45, 2.75) is 19.9 Å². The van der Waals surface area contributed by atoms with Crippen molar-refractivity contribution in [1.82, 2.24) is 5.32 Å². The Morgan fingerprint density at radius 2 is 2.00 bits per heavy atom. The number of nitrogens with one attached hydrogen (secondary N) is 1. The van der Waals surface area contributed by atoms with Crippen LogP contribution in [0.5, 0.6) is 0 Å². The number of aryl methyl sites for hydroxylation is 2. The molecule has 0 saturated carbocycles. The number of thiophene rings is 1. The molecule has 2 rings (SSSR count). The number of hydrogen-bond acceptors (Lipinski definition) is 2. The van der Waals surface area contributed by atoms with Gasteiger partial charge in [0.05, 0.1) is 6.04 Å². The standard InChI is InChI=1S/C14H15BrClNS/c1-8-4-5-10(7-12(8)16)13(17-3)14-11(15)6-9(2)18-14/h4-7,13,17H,1-3H3. The maximum Gasteiger partial charge on any atom is 0.0680 e. The maximum absolute atomic E-state index is 6.21. The number of rotatable bonds is 3. The van der Waals surface area contributed by atoms with Crippen molar-refractivity contribution >= 4 is 38.9 Å². The van der Waals surface area contributed by atoms with Gasteiger partial charge >= 0.3 is 0 Å². The predicted octanol–water partition coefficient (Wildman–Crippen LogP) is 5.09. The van der Waals surface area contributed by atoms with Gasteiger partial charge in [0.2, 0.25) is 0 Å². The fourth-order valence-corrected chi connectivity index (χ4v) is 4.14. The Hall–Kier alpha value is -0.350. The van der Waals surface area contributed by atoms with E-state index in [1.54, 1.807) is 11.3 Å². The van der Waals surface area contributed by atoms with Crippen molar-refractivity contribution in [2.75, 3.05) is 7.05 Å². The van der Waals surface area contributed by atoms with E-state index in [0.717, 1.165) is 15.1 Å². The smallest absolute Gasteiger partial charge is 0.0680 e. The van der Waals surface area contributed by atoms with Crippen molar-refractivity contribution in [3.05, 3.63) is 54.6 Å². The molecule has 0 aliphatic rings. The first-order chi connectivity index (χ1) is 8.52. The van der Waals surface area contributed by atoms with E-state index >= 15 is 0 Å². The molecule has 0 fully saturated rings. The molecule has 1 heterocycles. The third-order valence-corrected chi connectivity index (χ3v) is 5.36. The fourth-order valence-electron chi connectivity index (χ4n) is 1.94. The summed E-state index contributed by atoms with van der Waals surface area (Å²) in [5, 5.41) is 4.17.